The summed E-state index contributed by atoms with van der Waals surface area (Å²) in [5.41, 5.74) is -1.12. The first-order chi connectivity index (χ1) is 21.7. The third-order valence-electron chi connectivity index (χ3n) is 6.72. The zero-order chi connectivity index (χ0) is 33.9. The molecule has 46 heavy (non-hydrogen) atoms. The molecule has 3 rings (SSSR count). The van der Waals surface area contributed by atoms with Crippen molar-refractivity contribution in [1.29, 1.82) is 0 Å². The Morgan fingerprint density at radius 1 is 0.870 bits per heavy atom. The molecule has 1 heterocycles. The number of alkyl carbamates (subject to hydrolysis) is 2. The number of methoxy groups -OCH3 is 1. The molecule has 0 saturated heterocycles. The molecule has 0 bridgehead atoms. The average molecular weight is 649 g/mol. The van der Waals surface area contributed by atoms with E-state index in [0.717, 1.165) is 12.7 Å². The zero-order valence-electron chi connectivity index (χ0n) is 26.1. The van der Waals surface area contributed by atoms with Gasteiger partial charge in [-0.2, -0.15) is 13.2 Å². The molecule has 2 atom stereocenters. The number of para-hydroxylation sites is 1. The van der Waals surface area contributed by atoms with E-state index in [0.29, 0.717) is 12.8 Å². The summed E-state index contributed by atoms with van der Waals surface area (Å²) in [6.45, 7) is 5.21. The van der Waals surface area contributed by atoms with Gasteiger partial charge in [-0.1, -0.05) is 48.5 Å². The highest BCUT2D eigenvalue weighted by molar-refractivity contribution is 5.91. The Hall–Kier alpha value is -4.75. The van der Waals surface area contributed by atoms with Crippen molar-refractivity contribution in [3.05, 3.63) is 71.4 Å². The van der Waals surface area contributed by atoms with Crippen LogP contribution in [-0.2, 0) is 43.0 Å². The van der Waals surface area contributed by atoms with Crippen LogP contribution < -0.4 is 16.0 Å². The molecular weight excluding hydrogens is 609 g/mol. The molecule has 1 aromatic heterocycles. The molecule has 0 saturated carbocycles. The number of carbonyl (C=O) groups excluding carboxylic acids is 4. The highest BCUT2D eigenvalue weighted by atomic mass is 19.4. The van der Waals surface area contributed by atoms with Crippen LogP contribution >= 0.6 is 0 Å². The number of rotatable bonds is 13. The number of fused-ring (bicyclic) bond motifs is 1. The summed E-state index contributed by atoms with van der Waals surface area (Å²) in [5, 5.41) is 7.77. The number of aromatic amines is 1. The van der Waals surface area contributed by atoms with Gasteiger partial charge in [0, 0.05) is 23.9 Å². The molecule has 2 aromatic carbocycles. The second-order valence-corrected chi connectivity index (χ2v) is 11.5. The molecule has 3 amide bonds. The molecule has 3 aromatic rings. The quantitative estimate of drug-likeness (QED) is 0.111. The molecule has 250 valence electrons. The van der Waals surface area contributed by atoms with E-state index in [1.165, 1.54) is 12.1 Å². The summed E-state index contributed by atoms with van der Waals surface area (Å²) >= 11 is 0. The van der Waals surface area contributed by atoms with Crippen molar-refractivity contribution < 1.29 is 46.6 Å². The van der Waals surface area contributed by atoms with E-state index in [9.17, 15) is 32.3 Å². The topological polar surface area (TPSA) is 148 Å². The first-order valence-corrected chi connectivity index (χ1v) is 14.7. The van der Waals surface area contributed by atoms with Gasteiger partial charge in [0.25, 0.3) is 0 Å². The number of H-pyrrole nitrogens is 1. The normalized spacial score (nSPS) is 12.9. The van der Waals surface area contributed by atoms with E-state index in [-0.39, 0.29) is 36.0 Å². The van der Waals surface area contributed by atoms with Gasteiger partial charge in [0.1, 0.15) is 30.0 Å². The minimum atomic E-state index is -4.76. The molecule has 0 spiro atoms. The predicted molar refractivity (Wildman–Crippen MR) is 163 cm³/mol. The predicted octanol–water partition coefficient (Wildman–Crippen LogP) is 5.38. The molecule has 11 nitrogen and oxygen atoms in total. The lowest BCUT2D eigenvalue weighted by Gasteiger charge is -2.25. The van der Waals surface area contributed by atoms with Gasteiger partial charge in [-0.3, -0.25) is 4.79 Å². The first kappa shape index (κ1) is 35.7. The van der Waals surface area contributed by atoms with Gasteiger partial charge in [0.05, 0.1) is 7.11 Å². The molecule has 0 unspecified atom stereocenters. The number of aromatic nitrogens is 1. The Balaban J connectivity index is 1.68. The number of hydrogen-bond donors (Lipinski definition) is 4. The average Bonchev–Trinajstić information content (AvgIpc) is 3.37. The standard InChI is InChI=1S/C32H39F3N4O7/c1-31(2,3)46-30(43)39-24(16-10-11-17-36-29(42)45-19-20-12-6-5-7-13-20)27(40)38-25(28(41)44-4)18-22-21-14-8-9-15-23(21)37-26(22)32(33,34)35/h5-9,12-15,24-25,37H,10-11,16-19H2,1-4H3,(H,36,42)(H,38,40)(H,39,43)/t24-,25-/m0/s1. The van der Waals surface area contributed by atoms with Gasteiger partial charge in [0.2, 0.25) is 5.91 Å². The van der Waals surface area contributed by atoms with E-state index in [1.54, 1.807) is 32.9 Å². The molecule has 14 heteroatoms. The minimum absolute atomic E-state index is 0.0561. The summed E-state index contributed by atoms with van der Waals surface area (Å²) in [6, 6.07) is 12.5. The first-order valence-electron chi connectivity index (χ1n) is 14.7. The summed E-state index contributed by atoms with van der Waals surface area (Å²) in [7, 11) is 1.05. The van der Waals surface area contributed by atoms with Gasteiger partial charge in [0.15, 0.2) is 0 Å². The van der Waals surface area contributed by atoms with Gasteiger partial charge >= 0.3 is 24.3 Å². The fourth-order valence-corrected chi connectivity index (χ4v) is 4.62. The number of nitrogens with one attached hydrogen (secondary N) is 4. The number of hydrogen-bond acceptors (Lipinski definition) is 7. The Labute approximate surface area is 264 Å². The smallest absolute Gasteiger partial charge is 0.431 e. The van der Waals surface area contributed by atoms with Gasteiger partial charge in [-0.25, -0.2) is 14.4 Å². The van der Waals surface area contributed by atoms with E-state index in [2.05, 4.69) is 20.9 Å². The number of alkyl halides is 3. The van der Waals surface area contributed by atoms with Crippen molar-refractivity contribution in [2.75, 3.05) is 13.7 Å². The van der Waals surface area contributed by atoms with Crippen LogP contribution in [0.25, 0.3) is 10.9 Å². The molecular formula is C32H39F3N4O7. The lowest BCUT2D eigenvalue weighted by Crippen LogP contribution is -2.53. The maximum Gasteiger partial charge on any atom is 0.431 e. The number of halogens is 3. The summed E-state index contributed by atoms with van der Waals surface area (Å²) < 4.78 is 57.0. The van der Waals surface area contributed by atoms with Crippen molar-refractivity contribution >= 4 is 35.0 Å². The third-order valence-corrected chi connectivity index (χ3v) is 6.72. The lowest BCUT2D eigenvalue weighted by atomic mass is 10.0. The fourth-order valence-electron chi connectivity index (χ4n) is 4.62. The third kappa shape index (κ3) is 11.0. The maximum absolute atomic E-state index is 13.9. The van der Waals surface area contributed by atoms with Crippen molar-refractivity contribution in [3.63, 3.8) is 0 Å². The highest BCUT2D eigenvalue weighted by Crippen LogP contribution is 2.36. The SMILES string of the molecule is COC(=O)[C@H](Cc1c(C(F)(F)F)[nH]c2ccccc12)NC(=O)[C@H](CCCCNC(=O)OCc1ccccc1)NC(=O)OC(C)(C)C. The second-order valence-electron chi connectivity index (χ2n) is 11.5. The molecule has 0 fully saturated rings. The van der Waals surface area contributed by atoms with Gasteiger partial charge < -0.3 is 35.1 Å². The lowest BCUT2D eigenvalue weighted by molar-refractivity contribution is -0.146. The van der Waals surface area contributed by atoms with Crippen LogP contribution in [0.4, 0.5) is 22.8 Å². The van der Waals surface area contributed by atoms with E-state index in [1.807, 2.05) is 30.3 Å². The van der Waals surface area contributed by atoms with Crippen LogP contribution in [0.5, 0.6) is 0 Å². The van der Waals surface area contributed by atoms with Crippen LogP contribution in [0, 0.1) is 0 Å². The number of unbranched alkanes of at least 4 members (excludes halogenated alkanes) is 1. The zero-order valence-corrected chi connectivity index (χ0v) is 26.1. The highest BCUT2D eigenvalue weighted by Gasteiger charge is 2.38. The Bertz CT molecular complexity index is 1490. The molecule has 4 N–H and O–H groups in total. The Morgan fingerprint density at radius 3 is 2.20 bits per heavy atom. The summed E-state index contributed by atoms with van der Waals surface area (Å²) in [6.07, 6.45) is -6.04. The molecule has 0 radical (unpaired) electrons. The van der Waals surface area contributed by atoms with Crippen LogP contribution in [0.3, 0.4) is 0 Å². The molecule has 0 aliphatic heterocycles. The Kier molecular flexibility index (Phi) is 12.4. The minimum Gasteiger partial charge on any atom is -0.467 e. The Morgan fingerprint density at radius 2 is 1.54 bits per heavy atom. The van der Waals surface area contributed by atoms with Gasteiger partial charge in [-0.05, 0) is 57.2 Å². The van der Waals surface area contributed by atoms with E-state index < -0.39 is 60.0 Å². The summed E-state index contributed by atoms with van der Waals surface area (Å²) in [4.78, 5) is 53.1. The number of ether oxygens (including phenoxy) is 3. The second kappa shape index (κ2) is 16.0. The van der Waals surface area contributed by atoms with Crippen molar-refractivity contribution in [2.45, 2.75) is 76.9 Å². The number of benzene rings is 2. The van der Waals surface area contributed by atoms with E-state index >= 15 is 0 Å². The maximum atomic E-state index is 13.9. The van der Waals surface area contributed by atoms with Crippen LogP contribution in [0.15, 0.2) is 54.6 Å². The summed E-state index contributed by atoms with van der Waals surface area (Å²) in [5.74, 6) is -1.80. The van der Waals surface area contributed by atoms with E-state index in [4.69, 9.17) is 14.2 Å². The molecule has 0 aliphatic rings. The number of amides is 3. The molecule has 0 aliphatic carbocycles. The van der Waals surface area contributed by atoms with Crippen molar-refractivity contribution in [2.24, 2.45) is 0 Å². The van der Waals surface area contributed by atoms with Crippen LogP contribution in [0.1, 0.15) is 56.9 Å². The fraction of sp³-hybridized carbons (Fsp3) is 0.438. The van der Waals surface area contributed by atoms with Crippen LogP contribution in [-0.4, -0.2) is 60.4 Å². The van der Waals surface area contributed by atoms with Crippen molar-refractivity contribution in [1.82, 2.24) is 20.9 Å². The largest absolute Gasteiger partial charge is 0.467 e. The monoisotopic (exact) mass is 648 g/mol. The number of esters is 1. The van der Waals surface area contributed by atoms with Gasteiger partial charge in [-0.15, -0.1) is 0 Å². The van der Waals surface area contributed by atoms with Crippen LogP contribution in [0.2, 0.25) is 0 Å². The van der Waals surface area contributed by atoms with Crippen molar-refractivity contribution in [3.8, 4) is 0 Å². The number of carbonyl (C=O) groups is 4.